The Kier molecular flexibility index (Phi) is 10.3. The third-order valence-electron chi connectivity index (χ3n) is 4.77. The maximum Gasteiger partial charge on any atom is 0.186 e. The van der Waals surface area contributed by atoms with Gasteiger partial charge in [0.15, 0.2) is 5.52 Å². The Morgan fingerprint density at radius 3 is 1.79 bits per heavy atom. The van der Waals surface area contributed by atoms with Crippen LogP contribution in [0.2, 0.25) is 0 Å². The van der Waals surface area contributed by atoms with Gasteiger partial charge in [0.25, 0.3) is 0 Å². The van der Waals surface area contributed by atoms with Crippen molar-refractivity contribution >= 4 is 38.3 Å². The van der Waals surface area contributed by atoms with Gasteiger partial charge >= 0.3 is 0 Å². The second-order valence-corrected chi connectivity index (χ2v) is 7.89. The quantitative estimate of drug-likeness (QED) is 0.437. The summed E-state index contributed by atoms with van der Waals surface area (Å²) in [6.07, 6.45) is 0. The molecule has 2 aromatic rings. The largest absolute Gasteiger partial charge is 0.494 e. The topological polar surface area (TPSA) is 44.8 Å². The van der Waals surface area contributed by atoms with E-state index in [0.29, 0.717) is 37.1 Å². The van der Waals surface area contributed by atoms with Crippen molar-refractivity contribution < 1.29 is 19.0 Å². The van der Waals surface area contributed by atoms with Gasteiger partial charge in [0, 0.05) is 36.6 Å². The number of aryl methyl sites for hydroxylation is 2. The molecule has 0 amide bonds. The Labute approximate surface area is 188 Å². The van der Waals surface area contributed by atoms with E-state index in [1.165, 1.54) is 11.1 Å². The van der Waals surface area contributed by atoms with Gasteiger partial charge in [-0.25, -0.2) is 0 Å². The summed E-state index contributed by atoms with van der Waals surface area (Å²) in [4.78, 5) is 13.3. The second kappa shape index (κ2) is 11.7. The van der Waals surface area contributed by atoms with Crippen LogP contribution >= 0.6 is 8.58 Å². The number of carbonyl (C=O) groups excluding carboxylic acids is 1. The summed E-state index contributed by atoms with van der Waals surface area (Å²) in [5.74, 6) is 2.00. The van der Waals surface area contributed by atoms with Crippen LogP contribution in [0.4, 0.5) is 0 Å². The molecule has 153 valence electrons. The van der Waals surface area contributed by atoms with E-state index in [2.05, 4.69) is 19.9 Å². The van der Waals surface area contributed by atoms with Crippen LogP contribution in [0.1, 0.15) is 53.4 Å². The molecule has 2 rings (SSSR count). The van der Waals surface area contributed by atoms with E-state index in [4.69, 9.17) is 14.2 Å². The average molecular weight is 409 g/mol. The van der Waals surface area contributed by atoms with Crippen LogP contribution in [0.3, 0.4) is 0 Å². The van der Waals surface area contributed by atoms with Crippen molar-refractivity contribution in [1.29, 1.82) is 0 Å². The van der Waals surface area contributed by atoms with Gasteiger partial charge in [0.1, 0.15) is 17.2 Å². The van der Waals surface area contributed by atoms with Crippen molar-refractivity contribution in [3.8, 4) is 17.2 Å². The summed E-state index contributed by atoms with van der Waals surface area (Å²) in [7, 11) is -0.0871. The molecule has 0 aliphatic heterocycles. The summed E-state index contributed by atoms with van der Waals surface area (Å²) < 4.78 is 17.3. The molecule has 0 fully saturated rings. The fraction of sp³-hybridized carbons (Fsp3) is 0.435. The molecule has 4 nitrogen and oxygen atoms in total. The molecule has 1 unspecified atom stereocenters. The average Bonchev–Trinajstić information content (AvgIpc) is 2.63. The molecular formula is C23H31LiO4P. The SMILES string of the molecule is CCOc1cc(OCC)c(PC(=O)c2c(C)cc(C)c(C)c2C)c(OCC)c1.[Li]. The minimum absolute atomic E-state index is 0. The van der Waals surface area contributed by atoms with Crippen LogP contribution in [-0.2, 0) is 0 Å². The van der Waals surface area contributed by atoms with E-state index in [0.717, 1.165) is 22.0 Å². The zero-order chi connectivity index (χ0) is 20.8. The van der Waals surface area contributed by atoms with Gasteiger partial charge in [-0.15, -0.1) is 0 Å². The third-order valence-corrected chi connectivity index (χ3v) is 5.99. The third kappa shape index (κ3) is 6.02. The van der Waals surface area contributed by atoms with Gasteiger partial charge < -0.3 is 14.2 Å². The van der Waals surface area contributed by atoms with Gasteiger partial charge in [-0.2, -0.15) is 0 Å². The molecule has 6 heteroatoms. The van der Waals surface area contributed by atoms with Crippen LogP contribution < -0.4 is 19.5 Å². The fourth-order valence-electron chi connectivity index (χ4n) is 3.29. The van der Waals surface area contributed by atoms with Crippen molar-refractivity contribution in [2.24, 2.45) is 0 Å². The first-order chi connectivity index (χ1) is 13.3. The van der Waals surface area contributed by atoms with Crippen molar-refractivity contribution in [3.63, 3.8) is 0 Å². The molecule has 0 spiro atoms. The normalized spacial score (nSPS) is 10.7. The summed E-state index contributed by atoms with van der Waals surface area (Å²) in [5, 5.41) is 0.800. The van der Waals surface area contributed by atoms with Crippen LogP contribution in [-0.4, -0.2) is 44.2 Å². The summed E-state index contributed by atoms with van der Waals surface area (Å²) in [6.45, 7) is 15.5. The minimum Gasteiger partial charge on any atom is -0.494 e. The van der Waals surface area contributed by atoms with Crippen LogP contribution in [0.25, 0.3) is 0 Å². The van der Waals surface area contributed by atoms with Gasteiger partial charge in [-0.3, -0.25) is 4.79 Å². The Balaban J connectivity index is 0.00000420. The first-order valence-electron chi connectivity index (χ1n) is 9.79. The van der Waals surface area contributed by atoms with Crippen LogP contribution in [0.15, 0.2) is 18.2 Å². The standard InChI is InChI=1S/C23H31O4P.Li/c1-8-25-18-12-19(26-9-2)22(20(13-18)27-10-3)28-23(24)21-15(5)11-14(4)16(6)17(21)7;/h11-13,28H,8-10H2,1-7H3;. The fourth-order valence-corrected chi connectivity index (χ4v) is 4.56. The number of ether oxygens (including phenoxy) is 3. The van der Waals surface area contributed by atoms with E-state index in [1.807, 2.05) is 46.8 Å². The number of benzene rings is 2. The molecule has 0 aliphatic carbocycles. The summed E-state index contributed by atoms with van der Waals surface area (Å²) in [5.41, 5.74) is 5.35. The van der Waals surface area contributed by atoms with Crippen LogP contribution in [0.5, 0.6) is 17.2 Å². The first-order valence-corrected chi connectivity index (χ1v) is 10.8. The van der Waals surface area contributed by atoms with E-state index in [-0.39, 0.29) is 33.0 Å². The van der Waals surface area contributed by atoms with E-state index in [1.54, 1.807) is 0 Å². The molecule has 0 saturated carbocycles. The molecule has 1 atom stereocenters. The number of carbonyl (C=O) groups is 1. The molecule has 0 aliphatic rings. The zero-order valence-electron chi connectivity index (χ0n) is 19.0. The summed E-state index contributed by atoms with van der Waals surface area (Å²) in [6, 6.07) is 5.79. The predicted octanol–water partition coefficient (Wildman–Crippen LogP) is 4.88. The van der Waals surface area contributed by atoms with Crippen molar-refractivity contribution in [1.82, 2.24) is 0 Å². The Morgan fingerprint density at radius 1 is 0.793 bits per heavy atom. The molecular weight excluding hydrogens is 378 g/mol. The Hall–Kier alpha value is -1.46. The number of hydrogen-bond donors (Lipinski definition) is 0. The van der Waals surface area contributed by atoms with E-state index in [9.17, 15) is 4.79 Å². The molecule has 0 saturated heterocycles. The molecule has 1 radical (unpaired) electrons. The maximum absolute atomic E-state index is 13.3. The Morgan fingerprint density at radius 2 is 1.31 bits per heavy atom. The maximum atomic E-state index is 13.3. The van der Waals surface area contributed by atoms with Gasteiger partial charge in [-0.05, 0) is 79.3 Å². The molecule has 0 bridgehead atoms. The van der Waals surface area contributed by atoms with Gasteiger partial charge in [0.2, 0.25) is 0 Å². The second-order valence-electron chi connectivity index (χ2n) is 6.68. The van der Waals surface area contributed by atoms with Crippen molar-refractivity contribution in [3.05, 3.63) is 46.0 Å². The van der Waals surface area contributed by atoms with Crippen molar-refractivity contribution in [2.75, 3.05) is 19.8 Å². The first kappa shape index (κ1) is 25.6. The van der Waals surface area contributed by atoms with Crippen LogP contribution in [0, 0.1) is 27.7 Å². The molecule has 0 aromatic heterocycles. The smallest absolute Gasteiger partial charge is 0.186 e. The molecule has 29 heavy (non-hydrogen) atoms. The van der Waals surface area contributed by atoms with E-state index < -0.39 is 0 Å². The molecule has 0 heterocycles. The predicted molar refractivity (Wildman–Crippen MR) is 123 cm³/mol. The molecule has 2 aromatic carbocycles. The number of rotatable bonds is 9. The zero-order valence-corrected chi connectivity index (χ0v) is 20.0. The Bertz CT molecular complexity index is 837. The van der Waals surface area contributed by atoms with E-state index >= 15 is 0 Å². The van der Waals surface area contributed by atoms with Gasteiger partial charge in [0.05, 0.1) is 25.1 Å². The molecule has 0 N–H and O–H groups in total. The monoisotopic (exact) mass is 409 g/mol. The van der Waals surface area contributed by atoms with Crippen molar-refractivity contribution in [2.45, 2.75) is 48.5 Å². The summed E-state index contributed by atoms with van der Waals surface area (Å²) >= 11 is 0. The van der Waals surface area contributed by atoms with Gasteiger partial charge in [-0.1, -0.05) is 6.07 Å². The minimum atomic E-state index is -0.0871. The number of hydrogen-bond acceptors (Lipinski definition) is 4.